The van der Waals surface area contributed by atoms with Crippen LogP contribution in [0.1, 0.15) is 102 Å². The van der Waals surface area contributed by atoms with Crippen LogP contribution in [-0.4, -0.2) is 5.91 Å². The fourth-order valence-corrected chi connectivity index (χ4v) is 3.87. The van der Waals surface area contributed by atoms with Gasteiger partial charge < -0.3 is 5.73 Å². The van der Waals surface area contributed by atoms with Gasteiger partial charge >= 0.3 is 6.18 Å². The Bertz CT molecular complexity index is 640. The predicted molar refractivity (Wildman–Crippen MR) is 123 cm³/mol. The van der Waals surface area contributed by atoms with E-state index >= 15 is 0 Å². The van der Waals surface area contributed by atoms with E-state index in [1.165, 1.54) is 50.7 Å². The Morgan fingerprint density at radius 1 is 0.903 bits per heavy atom. The zero-order chi connectivity index (χ0) is 23.0. The van der Waals surface area contributed by atoms with Crippen molar-refractivity contribution >= 4 is 5.91 Å². The Balaban J connectivity index is 2.21. The van der Waals surface area contributed by atoms with Gasteiger partial charge in [-0.3, -0.25) is 4.79 Å². The van der Waals surface area contributed by atoms with Crippen molar-refractivity contribution in [1.82, 2.24) is 0 Å². The summed E-state index contributed by atoms with van der Waals surface area (Å²) in [6.07, 6.45) is 14.8. The molecule has 0 aliphatic rings. The Kier molecular flexibility index (Phi) is 14.0. The van der Waals surface area contributed by atoms with Crippen LogP contribution in [0.5, 0.6) is 0 Å². The molecule has 2 N–H and O–H groups in total. The largest absolute Gasteiger partial charge is 0.416 e. The third-order valence-corrected chi connectivity index (χ3v) is 5.76. The van der Waals surface area contributed by atoms with E-state index < -0.39 is 23.6 Å². The topological polar surface area (TPSA) is 43.1 Å². The van der Waals surface area contributed by atoms with Crippen LogP contribution in [0.4, 0.5) is 13.2 Å². The van der Waals surface area contributed by atoms with Crippen molar-refractivity contribution in [2.75, 3.05) is 0 Å². The van der Waals surface area contributed by atoms with Crippen molar-refractivity contribution in [3.05, 3.63) is 47.5 Å². The number of allylic oxidation sites excluding steroid dienone is 2. The molecule has 1 aromatic rings. The number of alkyl halides is 3. The number of primary amides is 1. The minimum atomic E-state index is -4.42. The third-order valence-electron chi connectivity index (χ3n) is 5.76. The first kappa shape index (κ1) is 27.3. The van der Waals surface area contributed by atoms with E-state index in [2.05, 4.69) is 19.1 Å². The molecule has 0 aliphatic carbocycles. The van der Waals surface area contributed by atoms with Crippen LogP contribution in [0.2, 0.25) is 0 Å². The van der Waals surface area contributed by atoms with E-state index in [4.69, 9.17) is 5.73 Å². The first-order valence-corrected chi connectivity index (χ1v) is 12.0. The summed E-state index contributed by atoms with van der Waals surface area (Å²) in [5.74, 6) is -1.07. The van der Waals surface area contributed by atoms with Crippen LogP contribution in [0.25, 0.3) is 0 Å². The van der Waals surface area contributed by atoms with Crippen molar-refractivity contribution in [3.63, 3.8) is 0 Å². The molecule has 31 heavy (non-hydrogen) atoms. The molecule has 1 rings (SSSR count). The Morgan fingerprint density at radius 2 is 1.45 bits per heavy atom. The molecule has 0 radical (unpaired) electrons. The SMILES string of the molecule is CCCCCCCC/C=C\CCCCCCC(Cc1ccccc1C(F)(F)F)C(N)=O. The Morgan fingerprint density at radius 3 is 2.03 bits per heavy atom. The summed E-state index contributed by atoms with van der Waals surface area (Å²) in [7, 11) is 0. The Hall–Kier alpha value is -1.78. The van der Waals surface area contributed by atoms with Crippen LogP contribution in [0, 0.1) is 5.92 Å². The van der Waals surface area contributed by atoms with Crippen molar-refractivity contribution in [3.8, 4) is 0 Å². The molecule has 0 aromatic heterocycles. The first-order chi connectivity index (χ1) is 14.9. The highest BCUT2D eigenvalue weighted by atomic mass is 19.4. The molecule has 0 saturated carbocycles. The van der Waals surface area contributed by atoms with Crippen molar-refractivity contribution in [2.24, 2.45) is 11.7 Å². The zero-order valence-electron chi connectivity index (χ0n) is 19.1. The summed E-state index contributed by atoms with van der Waals surface area (Å²) in [6, 6.07) is 5.44. The summed E-state index contributed by atoms with van der Waals surface area (Å²) in [6.45, 7) is 2.23. The summed E-state index contributed by atoms with van der Waals surface area (Å²) in [5.41, 5.74) is 4.94. The number of carbonyl (C=O) groups excluding carboxylic acids is 1. The number of rotatable bonds is 17. The molecule has 1 aromatic carbocycles. The molecular weight excluding hydrogens is 399 g/mol. The molecule has 0 bridgehead atoms. The van der Waals surface area contributed by atoms with Crippen molar-refractivity contribution in [1.29, 1.82) is 0 Å². The predicted octanol–water partition coefficient (Wildman–Crippen LogP) is 8.00. The van der Waals surface area contributed by atoms with E-state index in [0.29, 0.717) is 6.42 Å². The van der Waals surface area contributed by atoms with Gasteiger partial charge in [0.15, 0.2) is 0 Å². The molecule has 1 unspecified atom stereocenters. The first-order valence-electron chi connectivity index (χ1n) is 12.0. The van der Waals surface area contributed by atoms with E-state index in [1.807, 2.05) is 0 Å². The number of amides is 1. The standard InChI is InChI=1S/C26H40F3NO/c1-2-3-4-5-6-7-8-9-10-11-12-13-14-15-19-23(25(30)31)21-22-18-16-17-20-24(22)26(27,28)29/h9-10,16-18,20,23H,2-8,11-15,19,21H2,1H3,(H2,30,31)/b10-9-. The van der Waals surface area contributed by atoms with Crippen LogP contribution in [0.3, 0.4) is 0 Å². The molecular formula is C26H40F3NO. The highest BCUT2D eigenvalue weighted by Crippen LogP contribution is 2.33. The van der Waals surface area contributed by atoms with E-state index in [-0.39, 0.29) is 12.0 Å². The van der Waals surface area contributed by atoms with Gasteiger partial charge in [-0.1, -0.05) is 88.6 Å². The third kappa shape index (κ3) is 12.6. The van der Waals surface area contributed by atoms with Gasteiger partial charge in [-0.25, -0.2) is 0 Å². The molecule has 1 atom stereocenters. The lowest BCUT2D eigenvalue weighted by molar-refractivity contribution is -0.138. The maximum Gasteiger partial charge on any atom is 0.416 e. The van der Waals surface area contributed by atoms with Gasteiger partial charge in [0.25, 0.3) is 0 Å². The van der Waals surface area contributed by atoms with Gasteiger partial charge in [0.05, 0.1) is 5.56 Å². The molecule has 176 valence electrons. The molecule has 0 aliphatic heterocycles. The van der Waals surface area contributed by atoms with Gasteiger partial charge in [0.1, 0.15) is 0 Å². The fraction of sp³-hybridized carbons (Fsp3) is 0.654. The van der Waals surface area contributed by atoms with Crippen LogP contribution >= 0.6 is 0 Å². The van der Waals surface area contributed by atoms with E-state index in [1.54, 1.807) is 6.07 Å². The van der Waals surface area contributed by atoms with Crippen LogP contribution in [0.15, 0.2) is 36.4 Å². The average Bonchev–Trinajstić information content (AvgIpc) is 2.72. The summed E-state index contributed by atoms with van der Waals surface area (Å²) in [5, 5.41) is 0. The van der Waals surface area contributed by atoms with E-state index in [0.717, 1.165) is 44.6 Å². The number of hydrogen-bond donors (Lipinski definition) is 1. The molecule has 0 spiro atoms. The molecule has 0 saturated heterocycles. The lowest BCUT2D eigenvalue weighted by Gasteiger charge is -2.17. The lowest BCUT2D eigenvalue weighted by atomic mass is 9.90. The zero-order valence-corrected chi connectivity index (χ0v) is 19.1. The van der Waals surface area contributed by atoms with E-state index in [9.17, 15) is 18.0 Å². The molecule has 1 amide bonds. The van der Waals surface area contributed by atoms with Crippen LogP contribution in [-0.2, 0) is 17.4 Å². The minimum absolute atomic E-state index is 0.0478. The van der Waals surface area contributed by atoms with Gasteiger partial charge in [-0.05, 0) is 50.2 Å². The maximum absolute atomic E-state index is 13.2. The smallest absolute Gasteiger partial charge is 0.369 e. The quantitative estimate of drug-likeness (QED) is 0.194. The lowest BCUT2D eigenvalue weighted by Crippen LogP contribution is -2.26. The number of unbranched alkanes of at least 4 members (excludes halogenated alkanes) is 10. The highest BCUT2D eigenvalue weighted by molar-refractivity contribution is 5.77. The molecule has 0 heterocycles. The molecule has 2 nitrogen and oxygen atoms in total. The average molecular weight is 440 g/mol. The number of hydrogen-bond acceptors (Lipinski definition) is 1. The summed E-state index contributed by atoms with van der Waals surface area (Å²) >= 11 is 0. The van der Waals surface area contributed by atoms with Gasteiger partial charge in [-0.15, -0.1) is 0 Å². The molecule has 5 heteroatoms. The van der Waals surface area contributed by atoms with Crippen molar-refractivity contribution < 1.29 is 18.0 Å². The summed E-state index contributed by atoms with van der Waals surface area (Å²) < 4.78 is 39.5. The Labute approximate surface area is 186 Å². The van der Waals surface area contributed by atoms with Gasteiger partial charge in [0, 0.05) is 5.92 Å². The van der Waals surface area contributed by atoms with Gasteiger partial charge in [0.2, 0.25) is 5.91 Å². The minimum Gasteiger partial charge on any atom is -0.369 e. The number of halogens is 3. The summed E-state index contributed by atoms with van der Waals surface area (Å²) in [4.78, 5) is 11.8. The number of carbonyl (C=O) groups is 1. The van der Waals surface area contributed by atoms with Crippen LogP contribution < -0.4 is 5.73 Å². The normalized spacial score (nSPS) is 13.0. The van der Waals surface area contributed by atoms with Crippen molar-refractivity contribution in [2.45, 2.75) is 103 Å². The maximum atomic E-state index is 13.2. The highest BCUT2D eigenvalue weighted by Gasteiger charge is 2.33. The fourth-order valence-electron chi connectivity index (χ4n) is 3.87. The molecule has 0 fully saturated rings. The number of benzene rings is 1. The van der Waals surface area contributed by atoms with Gasteiger partial charge in [-0.2, -0.15) is 13.2 Å². The second kappa shape index (κ2) is 15.9. The monoisotopic (exact) mass is 439 g/mol. The number of nitrogens with two attached hydrogens (primary N) is 1. The second-order valence-electron chi connectivity index (χ2n) is 8.48. The second-order valence-corrected chi connectivity index (χ2v) is 8.48.